The predicted molar refractivity (Wildman–Crippen MR) is 123 cm³/mol. The van der Waals surface area contributed by atoms with Crippen LogP contribution in [0.15, 0.2) is 23.4 Å². The van der Waals surface area contributed by atoms with Crippen LogP contribution in [-0.2, 0) is 20.7 Å². The Hall–Kier alpha value is -2.52. The van der Waals surface area contributed by atoms with Crippen LogP contribution in [0.2, 0.25) is 0 Å². The highest BCUT2D eigenvalue weighted by molar-refractivity contribution is 7.81. The fourth-order valence-corrected chi connectivity index (χ4v) is 4.29. The molecule has 174 valence electrons. The van der Waals surface area contributed by atoms with Gasteiger partial charge in [0, 0.05) is 44.8 Å². The second kappa shape index (κ2) is 9.15. The van der Waals surface area contributed by atoms with Crippen molar-refractivity contribution < 1.29 is 28.9 Å². The lowest BCUT2D eigenvalue weighted by Gasteiger charge is -2.53. The number of carbonyl (C=O) groups is 2. The molecule has 1 aromatic rings. The lowest BCUT2D eigenvalue weighted by atomic mass is 9.76. The van der Waals surface area contributed by atoms with Crippen molar-refractivity contribution in [2.75, 3.05) is 27.4 Å². The maximum Gasteiger partial charge on any atom is 0.333 e. The number of rotatable bonds is 8. The summed E-state index contributed by atoms with van der Waals surface area (Å²) >= 11 is 5.07. The molecule has 1 aromatic heterocycles. The summed E-state index contributed by atoms with van der Waals surface area (Å²) in [5, 5.41) is 9.63. The van der Waals surface area contributed by atoms with Crippen LogP contribution in [0, 0.1) is 5.41 Å². The summed E-state index contributed by atoms with van der Waals surface area (Å²) in [5.41, 5.74) is 2.08. The smallest absolute Gasteiger partial charge is 0.333 e. The van der Waals surface area contributed by atoms with E-state index in [1.807, 2.05) is 26.8 Å². The standard InChI is InChI=1S/C23H30N2O6S/c1-22(2,3)23(32)11-14-10-17(31-8-6-7-29-4)20(30-5)24-18(14)19-16(13-26)9-15(21(27)28)12-25(19)23/h10,12-13,32H,6-9,11H2,1-5H3,(H,27,28)/t23-/m0/s1. The molecule has 0 amide bonds. The molecule has 0 spiro atoms. The summed E-state index contributed by atoms with van der Waals surface area (Å²) in [7, 11) is 3.14. The van der Waals surface area contributed by atoms with Crippen LogP contribution in [-0.4, -0.2) is 59.6 Å². The van der Waals surface area contributed by atoms with Gasteiger partial charge in [-0.1, -0.05) is 20.8 Å². The third kappa shape index (κ3) is 4.23. The lowest BCUT2D eigenvalue weighted by molar-refractivity contribution is -0.132. The molecule has 0 aliphatic carbocycles. The Morgan fingerprint density at radius 1 is 1.34 bits per heavy atom. The minimum absolute atomic E-state index is 0.0113. The number of carbonyl (C=O) groups excluding carboxylic acids is 1. The largest absolute Gasteiger partial charge is 0.488 e. The maximum absolute atomic E-state index is 12.1. The van der Waals surface area contributed by atoms with E-state index in [2.05, 4.69) is 4.98 Å². The molecule has 32 heavy (non-hydrogen) atoms. The van der Waals surface area contributed by atoms with Crippen LogP contribution in [0.5, 0.6) is 11.6 Å². The van der Waals surface area contributed by atoms with E-state index in [4.69, 9.17) is 26.8 Å². The van der Waals surface area contributed by atoms with Crippen molar-refractivity contribution in [2.24, 2.45) is 5.41 Å². The Kier molecular flexibility index (Phi) is 6.90. The van der Waals surface area contributed by atoms with Gasteiger partial charge in [-0.2, -0.15) is 12.6 Å². The highest BCUT2D eigenvalue weighted by Crippen LogP contribution is 2.53. The molecule has 2 aliphatic rings. The zero-order valence-corrected chi connectivity index (χ0v) is 20.0. The van der Waals surface area contributed by atoms with Crippen molar-refractivity contribution in [1.82, 2.24) is 9.88 Å². The molecule has 0 saturated heterocycles. The minimum atomic E-state index is -1.07. The van der Waals surface area contributed by atoms with E-state index in [1.54, 1.807) is 18.2 Å². The monoisotopic (exact) mass is 462 g/mol. The van der Waals surface area contributed by atoms with Crippen molar-refractivity contribution in [3.8, 4) is 11.6 Å². The molecule has 0 unspecified atom stereocenters. The number of carboxylic acid groups (broad SMARTS) is 1. The third-order valence-electron chi connectivity index (χ3n) is 5.87. The van der Waals surface area contributed by atoms with Gasteiger partial charge in [-0.3, -0.25) is 4.79 Å². The van der Waals surface area contributed by atoms with E-state index >= 15 is 0 Å². The normalized spacial score (nSPS) is 20.3. The average Bonchev–Trinajstić information content (AvgIpc) is 2.74. The number of hydrogen-bond donors (Lipinski definition) is 2. The minimum Gasteiger partial charge on any atom is -0.488 e. The summed E-state index contributed by atoms with van der Waals surface area (Å²) in [5.74, 6) is -0.260. The molecule has 8 nitrogen and oxygen atoms in total. The van der Waals surface area contributed by atoms with Gasteiger partial charge >= 0.3 is 5.97 Å². The Bertz CT molecular complexity index is 981. The molecule has 3 heterocycles. The van der Waals surface area contributed by atoms with Crippen molar-refractivity contribution in [3.63, 3.8) is 0 Å². The summed E-state index contributed by atoms with van der Waals surface area (Å²) in [6.07, 6.45) is 3.46. The van der Waals surface area contributed by atoms with Crippen molar-refractivity contribution in [3.05, 3.63) is 34.7 Å². The number of methoxy groups -OCH3 is 2. The van der Waals surface area contributed by atoms with Gasteiger partial charge in [0.1, 0.15) is 6.29 Å². The number of aliphatic carboxylic acids is 1. The Labute approximate surface area is 193 Å². The van der Waals surface area contributed by atoms with Gasteiger partial charge in [0.15, 0.2) is 5.75 Å². The van der Waals surface area contributed by atoms with Gasteiger partial charge in [-0.25, -0.2) is 9.78 Å². The summed E-state index contributed by atoms with van der Waals surface area (Å²) in [6.45, 7) is 7.11. The number of fused-ring (bicyclic) bond motifs is 3. The van der Waals surface area contributed by atoms with E-state index in [9.17, 15) is 14.7 Å². The number of aldehydes is 1. The number of pyridine rings is 1. The van der Waals surface area contributed by atoms with E-state index in [0.29, 0.717) is 60.9 Å². The summed E-state index contributed by atoms with van der Waals surface area (Å²) < 4.78 is 16.4. The topological polar surface area (TPSA) is 98.2 Å². The molecular weight excluding hydrogens is 432 g/mol. The van der Waals surface area contributed by atoms with Gasteiger partial charge in [0.2, 0.25) is 0 Å². The highest BCUT2D eigenvalue weighted by atomic mass is 32.1. The third-order valence-corrected chi connectivity index (χ3v) is 6.91. The van der Waals surface area contributed by atoms with E-state index in [1.165, 1.54) is 7.11 Å². The average molecular weight is 463 g/mol. The molecule has 1 N–H and O–H groups in total. The van der Waals surface area contributed by atoms with E-state index in [0.717, 1.165) is 5.56 Å². The van der Waals surface area contributed by atoms with Gasteiger partial charge in [0.25, 0.3) is 5.88 Å². The van der Waals surface area contributed by atoms with Gasteiger partial charge in [-0.05, 0) is 17.0 Å². The first kappa shape index (κ1) is 24.1. The molecule has 1 atom stereocenters. The van der Waals surface area contributed by atoms with Crippen LogP contribution in [0.3, 0.4) is 0 Å². The molecule has 9 heteroatoms. The quantitative estimate of drug-likeness (QED) is 0.345. The van der Waals surface area contributed by atoms with Gasteiger partial charge in [0.05, 0.1) is 35.6 Å². The summed E-state index contributed by atoms with van der Waals surface area (Å²) in [4.78, 5) is 29.5. The number of carboxylic acids is 1. The van der Waals surface area contributed by atoms with Crippen molar-refractivity contribution >= 4 is 30.6 Å². The number of thiol groups is 1. The molecule has 0 bridgehead atoms. The van der Waals surface area contributed by atoms with Crippen LogP contribution >= 0.6 is 12.6 Å². The maximum atomic E-state index is 12.1. The number of allylic oxidation sites excluding steroid dienone is 1. The van der Waals surface area contributed by atoms with Crippen LogP contribution in [0.4, 0.5) is 0 Å². The van der Waals surface area contributed by atoms with Gasteiger partial charge < -0.3 is 24.2 Å². The van der Waals surface area contributed by atoms with E-state index < -0.39 is 10.8 Å². The Morgan fingerprint density at radius 2 is 2.06 bits per heavy atom. The predicted octanol–water partition coefficient (Wildman–Crippen LogP) is 3.32. The fraction of sp³-hybridized carbons (Fsp3) is 0.522. The highest BCUT2D eigenvalue weighted by Gasteiger charge is 2.50. The summed E-state index contributed by atoms with van der Waals surface area (Å²) in [6, 6.07) is 1.88. The fourth-order valence-electron chi connectivity index (χ4n) is 3.96. The van der Waals surface area contributed by atoms with Gasteiger partial charge in [-0.15, -0.1) is 0 Å². The number of aromatic nitrogens is 1. The Balaban J connectivity index is 2.19. The lowest BCUT2D eigenvalue weighted by Crippen LogP contribution is -2.55. The molecule has 3 rings (SSSR count). The first-order chi connectivity index (χ1) is 15.1. The molecule has 0 radical (unpaired) electrons. The van der Waals surface area contributed by atoms with Crippen LogP contribution < -0.4 is 9.47 Å². The second-order valence-corrected chi connectivity index (χ2v) is 9.68. The molecule has 0 fully saturated rings. The zero-order valence-electron chi connectivity index (χ0n) is 19.1. The molecule has 0 saturated carbocycles. The number of hydrogen-bond acceptors (Lipinski definition) is 8. The van der Waals surface area contributed by atoms with Crippen molar-refractivity contribution in [1.29, 1.82) is 0 Å². The van der Waals surface area contributed by atoms with Crippen LogP contribution in [0.25, 0.3) is 5.70 Å². The van der Waals surface area contributed by atoms with Crippen LogP contribution in [0.1, 0.15) is 44.9 Å². The second-order valence-electron chi connectivity index (χ2n) is 8.94. The molecule has 0 aromatic carbocycles. The Morgan fingerprint density at radius 3 is 2.62 bits per heavy atom. The zero-order chi connectivity index (χ0) is 23.7. The number of nitrogens with zero attached hydrogens (tertiary/aromatic N) is 2. The molecule has 2 aliphatic heterocycles. The molecular formula is C23H30N2O6S. The number of ether oxygens (including phenoxy) is 3. The first-order valence-electron chi connectivity index (χ1n) is 10.4. The van der Waals surface area contributed by atoms with Crippen molar-refractivity contribution in [2.45, 2.75) is 44.9 Å². The first-order valence-corrected chi connectivity index (χ1v) is 10.9. The van der Waals surface area contributed by atoms with E-state index in [-0.39, 0.29) is 17.4 Å². The SMILES string of the molecule is COCCCOc1cc2c(nc1OC)C1=C(C=O)CC(C(=O)O)=CN1[C@@](S)(C(C)(C)C)C2.